The van der Waals surface area contributed by atoms with Gasteiger partial charge in [-0.25, -0.2) is 4.98 Å². The van der Waals surface area contributed by atoms with Crippen molar-refractivity contribution in [3.63, 3.8) is 0 Å². The summed E-state index contributed by atoms with van der Waals surface area (Å²) in [6, 6.07) is 6.65. The SMILES string of the molecule is Cc1nc2cc(C(CN)N(C)C)ccc2n1C. The molecular weight excluding hydrogens is 212 g/mol. The number of nitrogens with zero attached hydrogens (tertiary/aromatic N) is 3. The Morgan fingerprint density at radius 2 is 2.12 bits per heavy atom. The molecule has 2 N–H and O–H groups in total. The van der Waals surface area contributed by atoms with Crippen molar-refractivity contribution in [1.82, 2.24) is 14.5 Å². The third-order valence-electron chi connectivity index (χ3n) is 3.36. The van der Waals surface area contributed by atoms with Crippen molar-refractivity contribution in [3.8, 4) is 0 Å². The molecule has 1 aromatic heterocycles. The summed E-state index contributed by atoms with van der Waals surface area (Å²) in [5, 5.41) is 0. The van der Waals surface area contributed by atoms with E-state index in [2.05, 4.69) is 32.7 Å². The lowest BCUT2D eigenvalue weighted by molar-refractivity contribution is 0.306. The highest BCUT2D eigenvalue weighted by Gasteiger charge is 2.13. The van der Waals surface area contributed by atoms with Gasteiger partial charge in [-0.15, -0.1) is 0 Å². The lowest BCUT2D eigenvalue weighted by Gasteiger charge is -2.22. The van der Waals surface area contributed by atoms with Crippen molar-refractivity contribution in [2.24, 2.45) is 12.8 Å². The molecule has 0 aliphatic heterocycles. The van der Waals surface area contributed by atoms with Crippen LogP contribution < -0.4 is 5.73 Å². The first kappa shape index (κ1) is 12.1. The van der Waals surface area contributed by atoms with Crippen LogP contribution in [0.15, 0.2) is 18.2 Å². The zero-order chi connectivity index (χ0) is 12.6. The van der Waals surface area contributed by atoms with Crippen LogP contribution in [0.25, 0.3) is 11.0 Å². The van der Waals surface area contributed by atoms with E-state index >= 15 is 0 Å². The lowest BCUT2D eigenvalue weighted by atomic mass is 10.1. The van der Waals surface area contributed by atoms with Gasteiger partial charge in [-0.3, -0.25) is 0 Å². The van der Waals surface area contributed by atoms with Gasteiger partial charge in [0.15, 0.2) is 0 Å². The number of benzene rings is 1. The smallest absolute Gasteiger partial charge is 0.106 e. The molecule has 0 saturated heterocycles. The first-order chi connectivity index (χ1) is 8.04. The van der Waals surface area contributed by atoms with E-state index in [0.29, 0.717) is 6.54 Å². The summed E-state index contributed by atoms with van der Waals surface area (Å²) in [6.45, 7) is 2.64. The zero-order valence-corrected chi connectivity index (χ0v) is 10.9. The average Bonchev–Trinajstić information content (AvgIpc) is 2.55. The number of nitrogens with two attached hydrogens (primary N) is 1. The molecule has 0 aliphatic rings. The number of imidazole rings is 1. The molecule has 2 aromatic rings. The number of hydrogen-bond donors (Lipinski definition) is 1. The summed E-state index contributed by atoms with van der Waals surface area (Å²) in [5.41, 5.74) is 9.25. The summed E-state index contributed by atoms with van der Waals surface area (Å²) >= 11 is 0. The first-order valence-corrected chi connectivity index (χ1v) is 5.84. The Balaban J connectivity index is 2.51. The predicted octanol–water partition coefficient (Wildman–Crippen LogP) is 1.44. The van der Waals surface area contributed by atoms with Crippen LogP contribution in [-0.2, 0) is 7.05 Å². The summed E-state index contributed by atoms with van der Waals surface area (Å²) in [6.07, 6.45) is 0. The number of rotatable bonds is 3. The van der Waals surface area contributed by atoms with E-state index in [-0.39, 0.29) is 6.04 Å². The monoisotopic (exact) mass is 232 g/mol. The second-order valence-corrected chi connectivity index (χ2v) is 4.68. The van der Waals surface area contributed by atoms with Gasteiger partial charge >= 0.3 is 0 Å². The minimum absolute atomic E-state index is 0.252. The second kappa shape index (κ2) is 4.47. The summed E-state index contributed by atoms with van der Waals surface area (Å²) < 4.78 is 2.10. The van der Waals surface area contributed by atoms with E-state index in [1.165, 1.54) is 11.1 Å². The van der Waals surface area contributed by atoms with E-state index in [9.17, 15) is 0 Å². The maximum absolute atomic E-state index is 5.82. The molecule has 1 aromatic carbocycles. The third-order valence-corrected chi connectivity index (χ3v) is 3.36. The van der Waals surface area contributed by atoms with E-state index in [1.54, 1.807) is 0 Å². The fourth-order valence-corrected chi connectivity index (χ4v) is 2.19. The van der Waals surface area contributed by atoms with Crippen molar-refractivity contribution in [2.45, 2.75) is 13.0 Å². The Hall–Kier alpha value is -1.39. The molecule has 0 fully saturated rings. The largest absolute Gasteiger partial charge is 0.331 e. The fraction of sp³-hybridized carbons (Fsp3) is 0.462. The minimum atomic E-state index is 0.252. The molecule has 17 heavy (non-hydrogen) atoms. The molecule has 4 heteroatoms. The number of fused-ring (bicyclic) bond motifs is 1. The lowest BCUT2D eigenvalue weighted by Crippen LogP contribution is -2.27. The van der Waals surface area contributed by atoms with Gasteiger partial charge in [0.2, 0.25) is 0 Å². The zero-order valence-electron chi connectivity index (χ0n) is 10.9. The van der Waals surface area contributed by atoms with Gasteiger partial charge < -0.3 is 15.2 Å². The Labute approximate surface area is 102 Å². The predicted molar refractivity (Wildman–Crippen MR) is 70.9 cm³/mol. The highest BCUT2D eigenvalue weighted by Crippen LogP contribution is 2.22. The second-order valence-electron chi connectivity index (χ2n) is 4.68. The third kappa shape index (κ3) is 2.06. The maximum atomic E-state index is 5.82. The number of aryl methyl sites for hydroxylation is 2. The Bertz CT molecular complexity index is 527. The molecule has 0 spiro atoms. The molecule has 4 nitrogen and oxygen atoms in total. The van der Waals surface area contributed by atoms with Crippen LogP contribution >= 0.6 is 0 Å². The summed E-state index contributed by atoms with van der Waals surface area (Å²) in [4.78, 5) is 6.69. The van der Waals surface area contributed by atoms with E-state index in [1.807, 2.05) is 28.1 Å². The van der Waals surface area contributed by atoms with Crippen LogP contribution in [0.2, 0.25) is 0 Å². The Morgan fingerprint density at radius 1 is 1.41 bits per heavy atom. The molecule has 0 amide bonds. The standard InChI is InChI=1S/C13H20N4/c1-9-15-11-7-10(13(8-14)16(2)3)5-6-12(11)17(9)4/h5-7,13H,8,14H2,1-4H3. The van der Waals surface area contributed by atoms with E-state index in [4.69, 9.17) is 5.73 Å². The number of likely N-dealkylation sites (N-methyl/N-ethyl adjacent to an activating group) is 1. The Morgan fingerprint density at radius 3 is 2.71 bits per heavy atom. The van der Waals surface area contributed by atoms with Crippen LogP contribution in [0, 0.1) is 6.92 Å². The van der Waals surface area contributed by atoms with Gasteiger partial charge in [0.1, 0.15) is 5.82 Å². The van der Waals surface area contributed by atoms with Crippen molar-refractivity contribution in [3.05, 3.63) is 29.6 Å². The van der Waals surface area contributed by atoms with Crippen LogP contribution in [0.5, 0.6) is 0 Å². The molecular formula is C13H20N4. The van der Waals surface area contributed by atoms with Gasteiger partial charge in [0.25, 0.3) is 0 Å². The van der Waals surface area contributed by atoms with Gasteiger partial charge in [0, 0.05) is 19.6 Å². The molecule has 0 aliphatic carbocycles. The highest BCUT2D eigenvalue weighted by atomic mass is 15.1. The van der Waals surface area contributed by atoms with Crippen LogP contribution in [0.1, 0.15) is 17.4 Å². The maximum Gasteiger partial charge on any atom is 0.106 e. The molecule has 92 valence electrons. The normalized spacial score (nSPS) is 13.5. The minimum Gasteiger partial charge on any atom is -0.331 e. The van der Waals surface area contributed by atoms with Crippen LogP contribution in [0.4, 0.5) is 0 Å². The number of aromatic nitrogens is 2. The Kier molecular flexibility index (Phi) is 3.17. The van der Waals surface area contributed by atoms with E-state index in [0.717, 1.165) is 11.3 Å². The number of hydrogen-bond acceptors (Lipinski definition) is 3. The molecule has 1 unspecified atom stereocenters. The van der Waals surface area contributed by atoms with Gasteiger partial charge in [-0.1, -0.05) is 6.07 Å². The van der Waals surface area contributed by atoms with Gasteiger partial charge in [-0.05, 0) is 38.7 Å². The summed E-state index contributed by atoms with van der Waals surface area (Å²) in [5.74, 6) is 1.03. The van der Waals surface area contributed by atoms with Crippen LogP contribution in [0.3, 0.4) is 0 Å². The van der Waals surface area contributed by atoms with Crippen LogP contribution in [-0.4, -0.2) is 35.1 Å². The van der Waals surface area contributed by atoms with Crippen molar-refractivity contribution in [2.75, 3.05) is 20.6 Å². The van der Waals surface area contributed by atoms with Crippen molar-refractivity contribution >= 4 is 11.0 Å². The average molecular weight is 232 g/mol. The van der Waals surface area contributed by atoms with Crippen molar-refractivity contribution in [1.29, 1.82) is 0 Å². The molecule has 0 bridgehead atoms. The highest BCUT2D eigenvalue weighted by molar-refractivity contribution is 5.76. The fourth-order valence-electron chi connectivity index (χ4n) is 2.19. The quantitative estimate of drug-likeness (QED) is 0.871. The molecule has 0 saturated carbocycles. The van der Waals surface area contributed by atoms with Crippen molar-refractivity contribution < 1.29 is 0 Å². The molecule has 1 heterocycles. The summed E-state index contributed by atoms with van der Waals surface area (Å²) in [7, 11) is 6.13. The van der Waals surface area contributed by atoms with Gasteiger partial charge in [0.05, 0.1) is 11.0 Å². The molecule has 0 radical (unpaired) electrons. The van der Waals surface area contributed by atoms with Gasteiger partial charge in [-0.2, -0.15) is 0 Å². The molecule has 2 rings (SSSR count). The topological polar surface area (TPSA) is 47.1 Å². The first-order valence-electron chi connectivity index (χ1n) is 5.84. The molecule has 1 atom stereocenters. The van der Waals surface area contributed by atoms with E-state index < -0.39 is 0 Å².